The molecular formula is C12H14Br2FN. The Labute approximate surface area is 112 Å². The standard InChI is InChI=1S/C12H14Br2FN/c13-11-6-9-2-5-16(4-1-3-15)8-10(9)7-12(11)14/h6-7H,1-5,8H2. The van der Waals surface area contributed by atoms with Gasteiger partial charge in [-0.15, -0.1) is 0 Å². The Morgan fingerprint density at radius 1 is 1.19 bits per heavy atom. The van der Waals surface area contributed by atoms with E-state index in [2.05, 4.69) is 48.9 Å². The van der Waals surface area contributed by atoms with E-state index in [1.54, 1.807) is 0 Å². The van der Waals surface area contributed by atoms with Gasteiger partial charge in [-0.3, -0.25) is 9.29 Å². The van der Waals surface area contributed by atoms with Crippen LogP contribution in [0.4, 0.5) is 4.39 Å². The number of halogens is 3. The van der Waals surface area contributed by atoms with Crippen LogP contribution in [0.25, 0.3) is 0 Å². The second-order valence-electron chi connectivity index (χ2n) is 4.10. The molecule has 1 aliphatic rings. The van der Waals surface area contributed by atoms with Gasteiger partial charge in [0.25, 0.3) is 0 Å². The van der Waals surface area contributed by atoms with Crippen LogP contribution < -0.4 is 0 Å². The lowest BCUT2D eigenvalue weighted by Gasteiger charge is -2.28. The van der Waals surface area contributed by atoms with Gasteiger partial charge in [-0.05, 0) is 68.0 Å². The predicted molar refractivity (Wildman–Crippen MR) is 71.4 cm³/mol. The van der Waals surface area contributed by atoms with Crippen LogP contribution in [0.15, 0.2) is 21.1 Å². The average Bonchev–Trinajstić information content (AvgIpc) is 2.28. The molecule has 0 radical (unpaired) electrons. The Hall–Kier alpha value is 0.0700. The normalized spacial score (nSPS) is 16.2. The van der Waals surface area contributed by atoms with Gasteiger partial charge in [-0.25, -0.2) is 0 Å². The summed E-state index contributed by atoms with van der Waals surface area (Å²) in [4.78, 5) is 2.32. The molecule has 0 saturated carbocycles. The molecular weight excluding hydrogens is 337 g/mol. The molecule has 0 atom stereocenters. The number of alkyl halides is 1. The van der Waals surface area contributed by atoms with Crippen molar-refractivity contribution in [1.29, 1.82) is 0 Å². The van der Waals surface area contributed by atoms with Gasteiger partial charge in [0.1, 0.15) is 0 Å². The van der Waals surface area contributed by atoms with E-state index in [0.29, 0.717) is 6.42 Å². The summed E-state index contributed by atoms with van der Waals surface area (Å²) in [5.74, 6) is 0. The molecule has 1 aromatic carbocycles. The first-order chi connectivity index (χ1) is 7.70. The first-order valence-electron chi connectivity index (χ1n) is 5.46. The van der Waals surface area contributed by atoms with E-state index in [0.717, 1.165) is 35.0 Å². The Kier molecular flexibility index (Phi) is 4.39. The van der Waals surface area contributed by atoms with Crippen LogP contribution in [0.2, 0.25) is 0 Å². The van der Waals surface area contributed by atoms with Crippen molar-refractivity contribution in [3.63, 3.8) is 0 Å². The summed E-state index contributed by atoms with van der Waals surface area (Å²) in [6.07, 6.45) is 1.71. The Morgan fingerprint density at radius 2 is 1.88 bits per heavy atom. The summed E-state index contributed by atoms with van der Waals surface area (Å²) in [6.45, 7) is 2.64. The summed E-state index contributed by atoms with van der Waals surface area (Å²) in [5, 5.41) is 0. The molecule has 4 heteroatoms. The van der Waals surface area contributed by atoms with Gasteiger partial charge in [-0.2, -0.15) is 0 Å². The molecule has 1 aliphatic heterocycles. The van der Waals surface area contributed by atoms with E-state index in [4.69, 9.17) is 0 Å². The second kappa shape index (κ2) is 5.61. The summed E-state index contributed by atoms with van der Waals surface area (Å²) in [6, 6.07) is 4.35. The van der Waals surface area contributed by atoms with Gasteiger partial charge >= 0.3 is 0 Å². The van der Waals surface area contributed by atoms with Gasteiger partial charge in [0.15, 0.2) is 0 Å². The Morgan fingerprint density at radius 3 is 2.56 bits per heavy atom. The van der Waals surface area contributed by atoms with Crippen molar-refractivity contribution in [2.75, 3.05) is 19.8 Å². The van der Waals surface area contributed by atoms with Crippen molar-refractivity contribution in [2.24, 2.45) is 0 Å². The molecule has 0 unspecified atom stereocenters. The minimum Gasteiger partial charge on any atom is -0.299 e. The molecule has 0 bridgehead atoms. The lowest BCUT2D eigenvalue weighted by atomic mass is 10.00. The molecule has 1 aromatic rings. The maximum atomic E-state index is 12.1. The lowest BCUT2D eigenvalue weighted by Crippen LogP contribution is -2.31. The smallest absolute Gasteiger partial charge is 0.0906 e. The van der Waals surface area contributed by atoms with E-state index in [1.807, 2.05) is 0 Å². The molecule has 1 heterocycles. The van der Waals surface area contributed by atoms with Crippen LogP contribution in [-0.2, 0) is 13.0 Å². The molecule has 0 aliphatic carbocycles. The van der Waals surface area contributed by atoms with Crippen molar-refractivity contribution in [3.05, 3.63) is 32.2 Å². The zero-order chi connectivity index (χ0) is 11.5. The third kappa shape index (κ3) is 2.84. The van der Waals surface area contributed by atoms with Gasteiger partial charge < -0.3 is 0 Å². The van der Waals surface area contributed by atoms with Gasteiger partial charge in [0.05, 0.1) is 6.67 Å². The van der Waals surface area contributed by atoms with Gasteiger partial charge in [0.2, 0.25) is 0 Å². The van der Waals surface area contributed by atoms with Crippen LogP contribution >= 0.6 is 31.9 Å². The maximum Gasteiger partial charge on any atom is 0.0906 e. The molecule has 0 saturated heterocycles. The second-order valence-corrected chi connectivity index (χ2v) is 5.81. The minimum atomic E-state index is -0.215. The topological polar surface area (TPSA) is 3.24 Å². The molecule has 0 aromatic heterocycles. The highest BCUT2D eigenvalue weighted by Crippen LogP contribution is 2.29. The van der Waals surface area contributed by atoms with Crippen molar-refractivity contribution >= 4 is 31.9 Å². The number of fused-ring (bicyclic) bond motifs is 1. The summed E-state index contributed by atoms with van der Waals surface area (Å²) in [7, 11) is 0. The zero-order valence-electron chi connectivity index (χ0n) is 8.98. The largest absolute Gasteiger partial charge is 0.299 e. The maximum absolute atomic E-state index is 12.1. The lowest BCUT2D eigenvalue weighted by molar-refractivity contribution is 0.241. The predicted octanol–water partition coefficient (Wildman–Crippen LogP) is 3.93. The minimum absolute atomic E-state index is 0.215. The fraction of sp³-hybridized carbons (Fsp3) is 0.500. The van der Waals surface area contributed by atoms with Crippen molar-refractivity contribution in [2.45, 2.75) is 19.4 Å². The fourth-order valence-corrected chi connectivity index (χ4v) is 2.86. The summed E-state index contributed by atoms with van der Waals surface area (Å²) < 4.78 is 14.3. The molecule has 1 nitrogen and oxygen atoms in total. The highest BCUT2D eigenvalue weighted by atomic mass is 79.9. The SMILES string of the molecule is FCCCN1CCc2cc(Br)c(Br)cc2C1. The number of rotatable bonds is 3. The van der Waals surface area contributed by atoms with Gasteiger partial charge in [-0.1, -0.05) is 0 Å². The van der Waals surface area contributed by atoms with Crippen LogP contribution in [0.3, 0.4) is 0 Å². The number of hydrogen-bond donors (Lipinski definition) is 0. The van der Waals surface area contributed by atoms with Crippen molar-refractivity contribution < 1.29 is 4.39 Å². The molecule has 88 valence electrons. The quantitative estimate of drug-likeness (QED) is 0.798. The number of hydrogen-bond acceptors (Lipinski definition) is 1. The van der Waals surface area contributed by atoms with Crippen molar-refractivity contribution in [3.8, 4) is 0 Å². The van der Waals surface area contributed by atoms with E-state index in [9.17, 15) is 4.39 Å². The number of nitrogens with zero attached hydrogens (tertiary/aromatic N) is 1. The Bertz CT molecular complexity index is 382. The molecule has 2 rings (SSSR count). The van der Waals surface area contributed by atoms with E-state index in [1.165, 1.54) is 11.1 Å². The molecule has 16 heavy (non-hydrogen) atoms. The first kappa shape index (κ1) is 12.5. The molecule has 0 spiro atoms. The first-order valence-corrected chi connectivity index (χ1v) is 7.04. The highest BCUT2D eigenvalue weighted by Gasteiger charge is 2.17. The summed E-state index contributed by atoms with van der Waals surface area (Å²) in [5.41, 5.74) is 2.77. The van der Waals surface area contributed by atoms with Crippen LogP contribution in [0, 0.1) is 0 Å². The Balaban J connectivity index is 2.11. The molecule has 0 amide bonds. The van der Waals surface area contributed by atoms with Crippen LogP contribution in [0.1, 0.15) is 17.5 Å². The molecule has 0 fully saturated rings. The molecule has 0 N–H and O–H groups in total. The average molecular weight is 351 g/mol. The fourth-order valence-electron chi connectivity index (χ4n) is 2.08. The number of benzene rings is 1. The van der Waals surface area contributed by atoms with E-state index < -0.39 is 0 Å². The van der Waals surface area contributed by atoms with E-state index in [-0.39, 0.29) is 6.67 Å². The van der Waals surface area contributed by atoms with Gasteiger partial charge in [0, 0.05) is 28.6 Å². The highest BCUT2D eigenvalue weighted by molar-refractivity contribution is 9.13. The van der Waals surface area contributed by atoms with E-state index >= 15 is 0 Å². The van der Waals surface area contributed by atoms with Crippen LogP contribution in [0.5, 0.6) is 0 Å². The third-order valence-electron chi connectivity index (χ3n) is 2.94. The zero-order valence-corrected chi connectivity index (χ0v) is 12.2. The summed E-state index contributed by atoms with van der Waals surface area (Å²) >= 11 is 7.04. The van der Waals surface area contributed by atoms with Crippen molar-refractivity contribution in [1.82, 2.24) is 4.90 Å². The van der Waals surface area contributed by atoms with Crippen LogP contribution in [-0.4, -0.2) is 24.7 Å². The third-order valence-corrected chi connectivity index (χ3v) is 4.79. The monoisotopic (exact) mass is 349 g/mol.